The van der Waals surface area contributed by atoms with E-state index in [1.165, 1.54) is 18.1 Å². The summed E-state index contributed by atoms with van der Waals surface area (Å²) in [6.45, 7) is 2.33. The van der Waals surface area contributed by atoms with E-state index in [0.717, 1.165) is 0 Å². The van der Waals surface area contributed by atoms with Gasteiger partial charge in [0, 0.05) is 0 Å². The van der Waals surface area contributed by atoms with Gasteiger partial charge in [0.1, 0.15) is 0 Å². The van der Waals surface area contributed by atoms with Crippen LogP contribution in [0.1, 0.15) is 18.1 Å². The zero-order chi connectivity index (χ0) is 7.68. The van der Waals surface area contributed by atoms with Crippen molar-refractivity contribution in [3.8, 4) is 0 Å². The van der Waals surface area contributed by atoms with Crippen LogP contribution in [-0.2, 0) is 12.1 Å². The Labute approximate surface area is 69.9 Å². The maximum absolute atomic E-state index is 2.33. The summed E-state index contributed by atoms with van der Waals surface area (Å²) in [6, 6.07) is 13.2. The summed E-state index contributed by atoms with van der Waals surface area (Å²) in [4.78, 5) is 0. The molecule has 0 saturated heterocycles. The molecule has 0 fully saturated rings. The number of rotatable bonds is 1. The molecule has 1 aromatic rings. The minimum absolute atomic E-state index is 0.00877. The molecule has 0 unspecified atom stereocenters. The van der Waals surface area contributed by atoms with Crippen molar-refractivity contribution in [2.24, 2.45) is 0 Å². The van der Waals surface area contributed by atoms with E-state index in [1.54, 1.807) is 11.1 Å². The van der Waals surface area contributed by atoms with Crippen LogP contribution in [0.25, 0.3) is 0 Å². The molecular weight excluding hydrogens is 148 g/mol. The predicted octanol–water partition coefficient (Wildman–Crippen LogP) is 2.38. The van der Waals surface area contributed by atoms with Gasteiger partial charge < -0.3 is 0 Å². The van der Waals surface area contributed by atoms with Crippen LogP contribution < -0.4 is 0 Å². The fourth-order valence-corrected chi connectivity index (χ4v) is 4.15. The molecule has 1 heterocycles. The Balaban J connectivity index is 2.27. The van der Waals surface area contributed by atoms with Crippen LogP contribution in [0, 0.1) is 0 Å². The molecule has 11 heavy (non-hydrogen) atoms. The number of hydrogen-bond donors (Lipinski definition) is 0. The van der Waals surface area contributed by atoms with E-state index < -0.39 is 0 Å². The highest BCUT2D eigenvalue weighted by atomic mass is 28.3. The number of hydrogen-bond acceptors (Lipinski definition) is 0. The lowest BCUT2D eigenvalue weighted by atomic mass is 10.1. The van der Waals surface area contributed by atoms with Gasteiger partial charge in [-0.2, -0.15) is 0 Å². The van der Waals surface area contributed by atoms with E-state index in [9.17, 15) is 0 Å². The maximum atomic E-state index is 2.33. The van der Waals surface area contributed by atoms with E-state index in [-0.39, 0.29) is 8.80 Å². The average Bonchev–Trinajstić information content (AvgIpc) is 2.46. The molecule has 0 amide bonds. The fourth-order valence-electron chi connectivity index (χ4n) is 1.75. The second-order valence-electron chi connectivity index (χ2n) is 3.23. The molecular formula is C10H13Si. The molecule has 1 aliphatic rings. The van der Waals surface area contributed by atoms with Crippen LogP contribution >= 0.6 is 0 Å². The Morgan fingerprint density at radius 3 is 2.18 bits per heavy atom. The first-order valence-corrected chi connectivity index (χ1v) is 6.42. The zero-order valence-corrected chi connectivity index (χ0v) is 7.93. The second kappa shape index (κ2) is 2.82. The summed E-state index contributed by atoms with van der Waals surface area (Å²) < 4.78 is 0. The molecule has 1 heteroatoms. The first-order chi connectivity index (χ1) is 5.40. The Morgan fingerprint density at radius 2 is 1.73 bits per heavy atom. The Hall–Kier alpha value is -0.563. The third-order valence-electron chi connectivity index (χ3n) is 2.50. The molecule has 0 N–H and O–H groups in total. The Morgan fingerprint density at radius 1 is 1.18 bits per heavy atom. The van der Waals surface area contributed by atoms with Gasteiger partial charge >= 0.3 is 0 Å². The van der Waals surface area contributed by atoms with Gasteiger partial charge in [0.05, 0.1) is 8.80 Å². The quantitative estimate of drug-likeness (QED) is 0.555. The van der Waals surface area contributed by atoms with E-state index in [2.05, 4.69) is 31.2 Å². The predicted molar refractivity (Wildman–Crippen MR) is 50.1 cm³/mol. The molecule has 0 aromatic heterocycles. The Bertz CT molecular complexity index is 230. The summed E-state index contributed by atoms with van der Waals surface area (Å²) in [5, 5.41) is 0. The minimum atomic E-state index is -0.00877. The van der Waals surface area contributed by atoms with Gasteiger partial charge in [0.2, 0.25) is 0 Å². The summed E-state index contributed by atoms with van der Waals surface area (Å²) in [5.74, 6) is 0. The monoisotopic (exact) mass is 161 g/mol. The van der Waals surface area contributed by atoms with Crippen molar-refractivity contribution in [2.45, 2.75) is 25.1 Å². The van der Waals surface area contributed by atoms with Crippen LogP contribution in [0.3, 0.4) is 0 Å². The largest absolute Gasteiger partial charge is 0.0680 e. The van der Waals surface area contributed by atoms with Crippen molar-refractivity contribution in [3.05, 3.63) is 35.4 Å². The van der Waals surface area contributed by atoms with Crippen molar-refractivity contribution in [1.29, 1.82) is 0 Å². The highest BCUT2D eigenvalue weighted by Crippen LogP contribution is 2.22. The molecule has 0 aliphatic carbocycles. The molecule has 1 radical (unpaired) electrons. The van der Waals surface area contributed by atoms with Gasteiger partial charge in [0.25, 0.3) is 0 Å². The standard InChI is InChI=1S/C10H13Si/c1-2-11-7-9-5-3-4-6-10(9)8-11/h3-6H,2,7-8H2,1H3. The molecule has 0 nitrogen and oxygen atoms in total. The second-order valence-corrected chi connectivity index (χ2v) is 6.14. The molecule has 0 atom stereocenters. The normalized spacial score (nSPS) is 16.8. The van der Waals surface area contributed by atoms with E-state index in [1.807, 2.05) is 0 Å². The van der Waals surface area contributed by atoms with Crippen LogP contribution in [0.2, 0.25) is 6.04 Å². The number of fused-ring (bicyclic) bond motifs is 1. The molecule has 1 aliphatic heterocycles. The third kappa shape index (κ3) is 1.25. The highest BCUT2D eigenvalue weighted by molar-refractivity contribution is 6.58. The van der Waals surface area contributed by atoms with Crippen LogP contribution in [0.4, 0.5) is 0 Å². The summed E-state index contributed by atoms with van der Waals surface area (Å²) in [5.41, 5.74) is 3.26. The molecule has 0 saturated carbocycles. The lowest BCUT2D eigenvalue weighted by Gasteiger charge is -1.98. The maximum Gasteiger partial charge on any atom is 0.0568 e. The van der Waals surface area contributed by atoms with Gasteiger partial charge in [-0.15, -0.1) is 0 Å². The molecule has 0 spiro atoms. The average molecular weight is 161 g/mol. The first kappa shape index (κ1) is 7.11. The van der Waals surface area contributed by atoms with E-state index in [0.29, 0.717) is 0 Å². The summed E-state index contributed by atoms with van der Waals surface area (Å²) in [7, 11) is -0.00877. The zero-order valence-electron chi connectivity index (χ0n) is 6.93. The molecule has 0 bridgehead atoms. The van der Waals surface area contributed by atoms with Crippen LogP contribution in [0.5, 0.6) is 0 Å². The number of benzene rings is 1. The summed E-state index contributed by atoms with van der Waals surface area (Å²) >= 11 is 0. The first-order valence-electron chi connectivity index (χ1n) is 4.30. The third-order valence-corrected chi connectivity index (χ3v) is 5.26. The smallest absolute Gasteiger partial charge is 0.0568 e. The van der Waals surface area contributed by atoms with Gasteiger partial charge in [-0.25, -0.2) is 0 Å². The summed E-state index contributed by atoms with van der Waals surface area (Å²) in [6.07, 6.45) is 0. The van der Waals surface area contributed by atoms with Crippen molar-refractivity contribution in [1.82, 2.24) is 0 Å². The molecule has 1 aromatic carbocycles. The van der Waals surface area contributed by atoms with E-state index >= 15 is 0 Å². The lowest BCUT2D eigenvalue weighted by molar-refractivity contribution is 1.32. The van der Waals surface area contributed by atoms with Gasteiger partial charge in [-0.05, 0) is 23.2 Å². The topological polar surface area (TPSA) is 0 Å². The van der Waals surface area contributed by atoms with Crippen LogP contribution in [0.15, 0.2) is 24.3 Å². The van der Waals surface area contributed by atoms with E-state index in [4.69, 9.17) is 0 Å². The molecule has 2 rings (SSSR count). The lowest BCUT2D eigenvalue weighted by Crippen LogP contribution is -2.10. The fraction of sp³-hybridized carbons (Fsp3) is 0.400. The van der Waals surface area contributed by atoms with Crippen LogP contribution in [-0.4, -0.2) is 8.80 Å². The minimum Gasteiger partial charge on any atom is -0.0680 e. The van der Waals surface area contributed by atoms with Crippen molar-refractivity contribution >= 4 is 8.80 Å². The van der Waals surface area contributed by atoms with Gasteiger partial charge in [0.15, 0.2) is 0 Å². The van der Waals surface area contributed by atoms with Crippen molar-refractivity contribution in [2.75, 3.05) is 0 Å². The highest BCUT2D eigenvalue weighted by Gasteiger charge is 2.19. The van der Waals surface area contributed by atoms with Gasteiger partial charge in [-0.3, -0.25) is 0 Å². The SMILES string of the molecule is CC[Si]1Cc2ccccc2C1. The Kier molecular flexibility index (Phi) is 1.82. The molecule has 57 valence electrons. The van der Waals surface area contributed by atoms with Crippen molar-refractivity contribution in [3.63, 3.8) is 0 Å². The van der Waals surface area contributed by atoms with Crippen molar-refractivity contribution < 1.29 is 0 Å². The van der Waals surface area contributed by atoms with Gasteiger partial charge in [-0.1, -0.05) is 37.2 Å².